The molecule has 0 aliphatic heterocycles. The third-order valence-corrected chi connectivity index (χ3v) is 2.16. The number of nitrogens with zero attached hydrogens (tertiary/aromatic N) is 2. The second kappa shape index (κ2) is 3.54. The number of hydrogen-bond donors (Lipinski definition) is 1. The summed E-state index contributed by atoms with van der Waals surface area (Å²) in [7, 11) is 0. The molecule has 3 heteroatoms. The third-order valence-electron chi connectivity index (χ3n) is 2.16. The summed E-state index contributed by atoms with van der Waals surface area (Å²) in [5.41, 5.74) is 1.20. The van der Waals surface area contributed by atoms with Gasteiger partial charge in [-0.15, -0.1) is 0 Å². The van der Waals surface area contributed by atoms with E-state index in [2.05, 4.69) is 17.1 Å². The highest BCUT2D eigenvalue weighted by molar-refractivity contribution is 5.17. The Bertz CT molecular complexity index is 420. The second-order valence-corrected chi connectivity index (χ2v) is 3.26. The topological polar surface area (TPSA) is 38.1 Å². The minimum Gasteiger partial charge on any atom is -0.492 e. The van der Waals surface area contributed by atoms with E-state index in [0.29, 0.717) is 0 Å². The fourth-order valence-electron chi connectivity index (χ4n) is 1.43. The maximum atomic E-state index is 9.18. The van der Waals surface area contributed by atoms with Crippen molar-refractivity contribution in [3.8, 4) is 5.88 Å². The number of aryl methyl sites for hydroxylation is 1. The van der Waals surface area contributed by atoms with Gasteiger partial charge in [0.2, 0.25) is 5.88 Å². The van der Waals surface area contributed by atoms with Crippen LogP contribution in [0.15, 0.2) is 36.5 Å². The number of imidazole rings is 1. The van der Waals surface area contributed by atoms with E-state index in [0.717, 1.165) is 12.4 Å². The number of benzene rings is 1. The van der Waals surface area contributed by atoms with Gasteiger partial charge in [0.05, 0.1) is 6.20 Å². The van der Waals surface area contributed by atoms with Crippen LogP contribution in [0.2, 0.25) is 0 Å². The summed E-state index contributed by atoms with van der Waals surface area (Å²) in [5.74, 6) is 0.907. The molecule has 0 fully saturated rings. The van der Waals surface area contributed by atoms with Crippen molar-refractivity contribution in [1.29, 1.82) is 0 Å². The van der Waals surface area contributed by atoms with Crippen LogP contribution >= 0.6 is 0 Å². The van der Waals surface area contributed by atoms with E-state index in [4.69, 9.17) is 0 Å². The molecule has 1 heterocycles. The van der Waals surface area contributed by atoms with Crippen molar-refractivity contribution in [3.63, 3.8) is 0 Å². The molecule has 1 aromatic heterocycles. The average Bonchev–Trinajstić information content (AvgIpc) is 2.47. The maximum absolute atomic E-state index is 9.18. The highest BCUT2D eigenvalue weighted by Gasteiger charge is 2.02. The molecule has 0 atom stereocenters. The summed E-state index contributed by atoms with van der Waals surface area (Å²) in [6, 6.07) is 10.1. The summed E-state index contributed by atoms with van der Waals surface area (Å²) in [6.07, 6.45) is 1.64. The Kier molecular flexibility index (Phi) is 2.23. The van der Waals surface area contributed by atoms with Gasteiger partial charge in [0.15, 0.2) is 0 Å². The molecular weight excluding hydrogens is 176 g/mol. The van der Waals surface area contributed by atoms with Gasteiger partial charge >= 0.3 is 0 Å². The van der Waals surface area contributed by atoms with Gasteiger partial charge in [0, 0.05) is 6.54 Å². The van der Waals surface area contributed by atoms with Gasteiger partial charge in [-0.05, 0) is 12.5 Å². The number of rotatable bonds is 2. The lowest BCUT2D eigenvalue weighted by molar-refractivity contribution is 0.455. The first-order valence-electron chi connectivity index (χ1n) is 4.52. The van der Waals surface area contributed by atoms with Crippen molar-refractivity contribution < 1.29 is 5.11 Å². The minimum absolute atomic E-state index is 0.0819. The normalized spacial score (nSPS) is 10.4. The maximum Gasteiger partial charge on any atom is 0.229 e. The molecule has 0 spiro atoms. The van der Waals surface area contributed by atoms with Crippen molar-refractivity contribution in [1.82, 2.24) is 9.55 Å². The molecule has 0 aliphatic carbocycles. The lowest BCUT2D eigenvalue weighted by Crippen LogP contribution is -1.99. The van der Waals surface area contributed by atoms with Crippen LogP contribution in [0.25, 0.3) is 0 Å². The van der Waals surface area contributed by atoms with Gasteiger partial charge in [-0.1, -0.05) is 30.3 Å². The fraction of sp³-hybridized carbons (Fsp3) is 0.182. The summed E-state index contributed by atoms with van der Waals surface area (Å²) in [6.45, 7) is 2.63. The zero-order valence-electron chi connectivity index (χ0n) is 8.01. The van der Waals surface area contributed by atoms with Crippen LogP contribution in [0.1, 0.15) is 11.4 Å². The average molecular weight is 188 g/mol. The highest BCUT2D eigenvalue weighted by atomic mass is 16.3. The molecule has 72 valence electrons. The van der Waals surface area contributed by atoms with Crippen LogP contribution in [0, 0.1) is 6.92 Å². The molecule has 1 aromatic carbocycles. The van der Waals surface area contributed by atoms with E-state index in [-0.39, 0.29) is 5.88 Å². The zero-order valence-corrected chi connectivity index (χ0v) is 8.01. The Morgan fingerprint density at radius 1 is 1.29 bits per heavy atom. The van der Waals surface area contributed by atoms with Crippen LogP contribution in [0.5, 0.6) is 5.88 Å². The first-order valence-corrected chi connectivity index (χ1v) is 4.52. The zero-order chi connectivity index (χ0) is 9.97. The van der Waals surface area contributed by atoms with Crippen molar-refractivity contribution in [2.75, 3.05) is 0 Å². The first-order chi connectivity index (χ1) is 6.75. The van der Waals surface area contributed by atoms with Gasteiger partial charge in [-0.3, -0.25) is 0 Å². The van der Waals surface area contributed by atoms with Gasteiger partial charge in [-0.2, -0.15) is 4.98 Å². The molecule has 2 aromatic rings. The molecule has 2 rings (SSSR count). The Morgan fingerprint density at radius 3 is 2.57 bits per heavy atom. The van der Waals surface area contributed by atoms with E-state index in [1.807, 2.05) is 29.7 Å². The molecule has 1 N–H and O–H groups in total. The van der Waals surface area contributed by atoms with E-state index in [1.54, 1.807) is 6.20 Å². The lowest BCUT2D eigenvalue weighted by Gasteiger charge is -2.03. The Balaban J connectivity index is 2.23. The van der Waals surface area contributed by atoms with Gasteiger partial charge in [0.25, 0.3) is 0 Å². The lowest BCUT2D eigenvalue weighted by atomic mass is 10.2. The van der Waals surface area contributed by atoms with Gasteiger partial charge in [-0.25, -0.2) is 0 Å². The van der Waals surface area contributed by atoms with E-state index in [9.17, 15) is 5.11 Å². The van der Waals surface area contributed by atoms with Crippen LogP contribution in [0.3, 0.4) is 0 Å². The van der Waals surface area contributed by atoms with E-state index < -0.39 is 0 Å². The smallest absolute Gasteiger partial charge is 0.229 e. The van der Waals surface area contributed by atoms with Crippen LogP contribution < -0.4 is 0 Å². The SMILES string of the molecule is Cc1nc(O)cn1Cc1ccccc1. The molecule has 0 saturated carbocycles. The standard InChI is InChI=1S/C11H12N2O/c1-9-12-11(14)8-13(9)7-10-5-3-2-4-6-10/h2-6,8,14H,7H2,1H3. The van der Waals surface area contributed by atoms with E-state index in [1.165, 1.54) is 5.56 Å². The number of hydrogen-bond acceptors (Lipinski definition) is 2. The van der Waals surface area contributed by atoms with Gasteiger partial charge in [0.1, 0.15) is 5.82 Å². The van der Waals surface area contributed by atoms with Crippen LogP contribution in [0.4, 0.5) is 0 Å². The molecule has 14 heavy (non-hydrogen) atoms. The Hall–Kier alpha value is -1.77. The van der Waals surface area contributed by atoms with Crippen LogP contribution in [-0.4, -0.2) is 14.7 Å². The molecule has 3 nitrogen and oxygen atoms in total. The van der Waals surface area contributed by atoms with Crippen molar-refractivity contribution in [3.05, 3.63) is 47.9 Å². The summed E-state index contributed by atoms with van der Waals surface area (Å²) in [4.78, 5) is 3.93. The molecule has 0 bridgehead atoms. The second-order valence-electron chi connectivity index (χ2n) is 3.26. The Labute approximate surface area is 82.7 Å². The number of aromatic hydroxyl groups is 1. The summed E-state index contributed by atoms with van der Waals surface area (Å²) < 4.78 is 1.92. The molecule has 0 aliphatic rings. The number of aromatic nitrogens is 2. The summed E-state index contributed by atoms with van der Waals surface area (Å²) >= 11 is 0. The quantitative estimate of drug-likeness (QED) is 0.782. The van der Waals surface area contributed by atoms with Crippen LogP contribution in [-0.2, 0) is 6.54 Å². The molecule has 0 radical (unpaired) electrons. The van der Waals surface area contributed by atoms with Crippen molar-refractivity contribution in [2.24, 2.45) is 0 Å². The predicted octanol–water partition coefficient (Wildman–Crippen LogP) is 1.95. The molecular formula is C11H12N2O. The summed E-state index contributed by atoms with van der Waals surface area (Å²) in [5, 5.41) is 9.18. The molecule has 0 amide bonds. The largest absolute Gasteiger partial charge is 0.492 e. The van der Waals surface area contributed by atoms with Gasteiger partial charge < -0.3 is 9.67 Å². The van der Waals surface area contributed by atoms with E-state index >= 15 is 0 Å². The van der Waals surface area contributed by atoms with Crippen molar-refractivity contribution >= 4 is 0 Å². The first kappa shape index (κ1) is 8.81. The fourth-order valence-corrected chi connectivity index (χ4v) is 1.43. The van der Waals surface area contributed by atoms with Crippen molar-refractivity contribution in [2.45, 2.75) is 13.5 Å². The highest BCUT2D eigenvalue weighted by Crippen LogP contribution is 2.10. The third kappa shape index (κ3) is 1.76. The minimum atomic E-state index is 0.0819. The molecule has 0 saturated heterocycles. The molecule has 0 unspecified atom stereocenters. The monoisotopic (exact) mass is 188 g/mol. The Morgan fingerprint density at radius 2 is 2.00 bits per heavy atom. The predicted molar refractivity (Wildman–Crippen MR) is 54.2 cm³/mol.